The standard InChI is InChI=1S/C43H47N3O13/c1-22-11-33(50)30-13-26-14-35(59-56-21-43(55,41(54)38(53)34(51)20-47)16-24-3-6-32(49)28-5-4-27(48)15-29(24)28)42(2,9-7-23-12-36(52)45-17-23)58-39(26)37(40(30)57-22)46-18-25-8-10-44-31(25)19-46/h3-6,8,10-11,13,15,19,23,34-35,38,41,47-49,51,53-55H,7,9,12,14,16-18,20-21H2,1-2H3,(H,45,52). The van der Waals surface area contributed by atoms with Crippen LogP contribution in [0.15, 0.2) is 80.2 Å². The molecule has 0 bridgehead atoms. The molecule has 0 radical (unpaired) electrons. The monoisotopic (exact) mass is 813 g/mol. The molecule has 7 unspecified atom stereocenters. The number of hydrogen-bond donors (Lipinski definition) is 8. The number of aliphatic hydroxyl groups excluding tert-OH is 4. The highest BCUT2D eigenvalue weighted by molar-refractivity contribution is 5.96. The average molecular weight is 814 g/mol. The summed E-state index contributed by atoms with van der Waals surface area (Å²) < 4.78 is 13.2. The van der Waals surface area contributed by atoms with Crippen LogP contribution in [0.2, 0.25) is 0 Å². The number of phenols is 2. The molecule has 4 aliphatic heterocycles. The second-order valence-corrected chi connectivity index (χ2v) is 16.2. The molecule has 16 heteroatoms. The Bertz CT molecular complexity index is 2460. The summed E-state index contributed by atoms with van der Waals surface area (Å²) in [5, 5.41) is 78.9. The van der Waals surface area contributed by atoms with Crippen molar-refractivity contribution in [1.82, 2.24) is 5.32 Å². The van der Waals surface area contributed by atoms with Crippen molar-refractivity contribution in [2.75, 3.05) is 31.2 Å². The fourth-order valence-corrected chi connectivity index (χ4v) is 8.48. The van der Waals surface area contributed by atoms with Crippen molar-refractivity contribution in [3.8, 4) is 17.2 Å². The molecule has 1 fully saturated rings. The van der Waals surface area contributed by atoms with E-state index in [1.54, 1.807) is 19.2 Å². The summed E-state index contributed by atoms with van der Waals surface area (Å²) in [6.07, 6.45) is -0.367. The lowest BCUT2D eigenvalue weighted by Gasteiger charge is -2.43. The third-order valence-electron chi connectivity index (χ3n) is 11.9. The Kier molecular flexibility index (Phi) is 10.8. The van der Waals surface area contributed by atoms with Crippen molar-refractivity contribution in [1.29, 1.82) is 0 Å². The first-order chi connectivity index (χ1) is 28.2. The largest absolute Gasteiger partial charge is 0.508 e. The molecular formula is C43H47N3O13. The third-order valence-corrected chi connectivity index (χ3v) is 11.9. The summed E-state index contributed by atoms with van der Waals surface area (Å²) in [4.78, 5) is 44.0. The minimum absolute atomic E-state index is 0.0226. The maximum Gasteiger partial charge on any atom is 0.220 e. The van der Waals surface area contributed by atoms with E-state index in [0.29, 0.717) is 82.4 Å². The van der Waals surface area contributed by atoms with E-state index in [4.69, 9.17) is 18.9 Å². The summed E-state index contributed by atoms with van der Waals surface area (Å²) in [7, 11) is 0. The predicted octanol–water partition coefficient (Wildman–Crippen LogP) is 2.31. The summed E-state index contributed by atoms with van der Waals surface area (Å²) in [6, 6.07) is 10.2. The number of nitrogens with one attached hydrogen (secondary N) is 1. The van der Waals surface area contributed by atoms with Crippen LogP contribution in [0.25, 0.3) is 21.7 Å². The third kappa shape index (κ3) is 7.68. The number of amides is 1. The first kappa shape index (κ1) is 40.4. The highest BCUT2D eigenvalue weighted by atomic mass is 17.2. The molecule has 312 valence electrons. The van der Waals surface area contributed by atoms with Gasteiger partial charge < -0.3 is 55.1 Å². The van der Waals surface area contributed by atoms with Gasteiger partial charge in [0.1, 0.15) is 65.2 Å². The van der Waals surface area contributed by atoms with Gasteiger partial charge in [0.25, 0.3) is 0 Å². The number of carbonyl (C=O) groups excluding carboxylic acids is 1. The first-order valence-corrected chi connectivity index (χ1v) is 19.5. The number of allylic oxidation sites excluding steroid dienone is 1. The number of aliphatic imine (C=N–C) groups is 1. The van der Waals surface area contributed by atoms with E-state index in [1.165, 1.54) is 36.4 Å². The van der Waals surface area contributed by atoms with E-state index in [-0.39, 0.29) is 35.2 Å². The lowest BCUT2D eigenvalue weighted by Crippen LogP contribution is -2.58. The number of anilines is 1. The number of aliphatic hydroxyl groups is 5. The van der Waals surface area contributed by atoms with E-state index in [9.17, 15) is 45.3 Å². The number of nitrogens with zero attached hydrogens (tertiary/aromatic N) is 2. The quantitative estimate of drug-likeness (QED) is 0.0673. The van der Waals surface area contributed by atoms with Crippen molar-refractivity contribution in [2.45, 2.75) is 81.6 Å². The second kappa shape index (κ2) is 15.7. The predicted molar refractivity (Wildman–Crippen MR) is 214 cm³/mol. The molecule has 59 heavy (non-hydrogen) atoms. The summed E-state index contributed by atoms with van der Waals surface area (Å²) in [5.41, 5.74) is -0.218. The smallest absolute Gasteiger partial charge is 0.220 e. The van der Waals surface area contributed by atoms with Crippen LogP contribution in [0.1, 0.15) is 43.1 Å². The van der Waals surface area contributed by atoms with Gasteiger partial charge in [-0.3, -0.25) is 14.6 Å². The normalized spacial score (nSPS) is 23.6. The molecular weight excluding hydrogens is 766 g/mol. The number of aryl methyl sites for hydroxylation is 1. The number of fused-ring (bicyclic) bond motifs is 4. The topological polar surface area (TPSA) is 244 Å². The molecule has 4 aliphatic rings. The zero-order valence-electron chi connectivity index (χ0n) is 32.5. The fraction of sp³-hybridized carbons (Fsp3) is 0.419. The molecule has 8 rings (SSSR count). The second-order valence-electron chi connectivity index (χ2n) is 16.2. The van der Waals surface area contributed by atoms with Gasteiger partial charge in [-0.2, -0.15) is 0 Å². The summed E-state index contributed by atoms with van der Waals surface area (Å²) in [5.74, 6) is 0.634. The van der Waals surface area contributed by atoms with Crippen molar-refractivity contribution < 1.29 is 59.5 Å². The van der Waals surface area contributed by atoms with E-state index in [0.717, 1.165) is 11.3 Å². The van der Waals surface area contributed by atoms with Crippen LogP contribution in [0.4, 0.5) is 5.69 Å². The van der Waals surface area contributed by atoms with Crippen LogP contribution in [0, 0.1) is 12.8 Å². The van der Waals surface area contributed by atoms with Gasteiger partial charge in [-0.15, -0.1) is 0 Å². The lowest BCUT2D eigenvalue weighted by molar-refractivity contribution is -0.371. The lowest BCUT2D eigenvalue weighted by atomic mass is 9.83. The van der Waals surface area contributed by atoms with E-state index in [1.807, 2.05) is 24.1 Å². The van der Waals surface area contributed by atoms with Crippen LogP contribution in [-0.4, -0.2) is 110 Å². The van der Waals surface area contributed by atoms with Gasteiger partial charge >= 0.3 is 0 Å². The highest BCUT2D eigenvalue weighted by Gasteiger charge is 2.48. The number of benzene rings is 3. The minimum Gasteiger partial charge on any atom is -0.508 e. The Morgan fingerprint density at radius 2 is 1.88 bits per heavy atom. The Balaban J connectivity index is 1.15. The maximum atomic E-state index is 13.5. The number of hydrogen-bond acceptors (Lipinski definition) is 15. The van der Waals surface area contributed by atoms with Crippen LogP contribution < -0.4 is 20.4 Å². The van der Waals surface area contributed by atoms with Crippen molar-refractivity contribution in [2.24, 2.45) is 10.9 Å². The zero-order valence-corrected chi connectivity index (χ0v) is 32.5. The molecule has 0 spiro atoms. The van der Waals surface area contributed by atoms with Gasteiger partial charge in [0.15, 0.2) is 16.8 Å². The molecule has 7 atom stereocenters. The van der Waals surface area contributed by atoms with Crippen molar-refractivity contribution in [3.05, 3.63) is 93.1 Å². The van der Waals surface area contributed by atoms with Gasteiger partial charge in [0.2, 0.25) is 5.91 Å². The van der Waals surface area contributed by atoms with Crippen LogP contribution in [-0.2, 0) is 27.4 Å². The highest BCUT2D eigenvalue weighted by Crippen LogP contribution is 2.49. The fourth-order valence-electron chi connectivity index (χ4n) is 8.48. The number of carbonyl (C=O) groups is 1. The van der Waals surface area contributed by atoms with Crippen LogP contribution in [0.5, 0.6) is 17.2 Å². The molecule has 1 amide bonds. The first-order valence-electron chi connectivity index (χ1n) is 19.5. The van der Waals surface area contributed by atoms with Crippen molar-refractivity contribution >= 4 is 39.6 Å². The number of rotatable bonds is 14. The molecule has 5 heterocycles. The molecule has 16 nitrogen and oxygen atoms in total. The van der Waals surface area contributed by atoms with Crippen LogP contribution >= 0.6 is 0 Å². The molecule has 3 aromatic carbocycles. The van der Waals surface area contributed by atoms with E-state index >= 15 is 0 Å². The molecule has 1 aromatic heterocycles. The van der Waals surface area contributed by atoms with Gasteiger partial charge in [-0.25, -0.2) is 9.78 Å². The van der Waals surface area contributed by atoms with Crippen LogP contribution in [0.3, 0.4) is 0 Å². The zero-order chi connectivity index (χ0) is 41.8. The summed E-state index contributed by atoms with van der Waals surface area (Å²) in [6.45, 7) is 2.79. The number of ether oxygens (including phenoxy) is 1. The van der Waals surface area contributed by atoms with Crippen molar-refractivity contribution in [3.63, 3.8) is 0 Å². The Hall–Kier alpha value is -5.33. The van der Waals surface area contributed by atoms with Gasteiger partial charge in [-0.05, 0) is 80.0 Å². The van der Waals surface area contributed by atoms with E-state index in [2.05, 4.69) is 10.3 Å². The Morgan fingerprint density at radius 3 is 2.63 bits per heavy atom. The number of aromatic hydroxyl groups is 2. The molecule has 1 saturated heterocycles. The SMILES string of the molecule is Cc1cc(=O)c2cc3c(c(N4C=C5N=CC=C5C4)c2o1)OC(C)(CCC1CNC(=O)C1)C(OOCC(O)(Cc1ccc(O)c2ccc(O)cc12)C(O)C(O)C(O)CO)C3. The molecule has 4 aromatic rings. The molecule has 8 N–H and O–H groups in total. The van der Waals surface area contributed by atoms with Gasteiger partial charge in [-0.1, -0.05) is 6.07 Å². The average Bonchev–Trinajstić information content (AvgIpc) is 3.94. The number of phenolic OH excluding ortho intramolecular Hbond substituents is 2. The van der Waals surface area contributed by atoms with Gasteiger partial charge in [0, 0.05) is 60.8 Å². The molecule has 0 saturated carbocycles. The molecule has 0 aliphatic carbocycles. The summed E-state index contributed by atoms with van der Waals surface area (Å²) >= 11 is 0. The minimum atomic E-state index is -2.40. The Morgan fingerprint density at radius 1 is 1.07 bits per heavy atom. The van der Waals surface area contributed by atoms with Gasteiger partial charge in [0.05, 0.1) is 24.2 Å². The van der Waals surface area contributed by atoms with E-state index < -0.39 is 55.3 Å². The Labute approximate surface area is 337 Å². The maximum absolute atomic E-state index is 13.5.